The summed E-state index contributed by atoms with van der Waals surface area (Å²) in [6.07, 6.45) is 3.24. The topological polar surface area (TPSA) is 42.0 Å². The molecule has 1 heterocycles. The number of pyridine rings is 1. The average molecular weight is 194 g/mol. The van der Waals surface area contributed by atoms with Gasteiger partial charge in [-0.3, -0.25) is 9.78 Å². The van der Waals surface area contributed by atoms with Crippen LogP contribution in [0.4, 0.5) is 0 Å². The van der Waals surface area contributed by atoms with Crippen molar-refractivity contribution < 1.29 is 4.79 Å². The first kappa shape index (κ1) is 9.92. The molecule has 1 N–H and O–H groups in total. The van der Waals surface area contributed by atoms with Crippen LogP contribution in [0.25, 0.3) is 0 Å². The molecular formula is C9H14N2OSi. The number of carbonyl (C=O) groups is 1. The van der Waals surface area contributed by atoms with Gasteiger partial charge in [0.2, 0.25) is 5.91 Å². The largest absolute Gasteiger partial charge is 0.378 e. The quantitative estimate of drug-likeness (QED) is 0.727. The van der Waals surface area contributed by atoms with Gasteiger partial charge >= 0.3 is 0 Å². The van der Waals surface area contributed by atoms with E-state index in [0.717, 1.165) is 0 Å². The Labute approximate surface area is 79.3 Å². The van der Waals surface area contributed by atoms with Crippen LogP contribution in [0, 0.1) is 0 Å². The molecule has 1 amide bonds. The first-order valence-electron chi connectivity index (χ1n) is 4.21. The smallest absolute Gasteiger partial charge is 0.245 e. The van der Waals surface area contributed by atoms with E-state index in [-0.39, 0.29) is 5.91 Å². The first-order valence-corrected chi connectivity index (χ1v) is 7.71. The van der Waals surface area contributed by atoms with Crippen LogP contribution in [-0.2, 0) is 0 Å². The molecule has 0 unspecified atom stereocenters. The maximum Gasteiger partial charge on any atom is 0.245 e. The van der Waals surface area contributed by atoms with Crippen LogP contribution in [0.5, 0.6) is 0 Å². The maximum atomic E-state index is 11.5. The summed E-state index contributed by atoms with van der Waals surface area (Å²) in [7, 11) is -1.53. The molecule has 13 heavy (non-hydrogen) atoms. The summed E-state index contributed by atoms with van der Waals surface area (Å²) in [6.45, 7) is 6.25. The molecule has 1 aromatic rings. The third-order valence-corrected chi connectivity index (χ3v) is 2.39. The van der Waals surface area contributed by atoms with Gasteiger partial charge in [-0.1, -0.05) is 19.6 Å². The maximum absolute atomic E-state index is 11.5. The lowest BCUT2D eigenvalue weighted by Gasteiger charge is -2.17. The van der Waals surface area contributed by atoms with Gasteiger partial charge < -0.3 is 4.98 Å². The molecule has 0 saturated carbocycles. The second-order valence-corrected chi connectivity index (χ2v) is 8.70. The molecule has 3 nitrogen and oxygen atoms in total. The van der Waals surface area contributed by atoms with Crippen molar-refractivity contribution >= 4 is 14.1 Å². The van der Waals surface area contributed by atoms with Crippen LogP contribution in [-0.4, -0.2) is 19.1 Å². The van der Waals surface area contributed by atoms with Gasteiger partial charge in [-0.25, -0.2) is 0 Å². The van der Waals surface area contributed by atoms with E-state index in [0.29, 0.717) is 5.56 Å². The Hall–Kier alpha value is -1.16. The van der Waals surface area contributed by atoms with Crippen molar-refractivity contribution in [2.45, 2.75) is 19.6 Å². The summed E-state index contributed by atoms with van der Waals surface area (Å²) in [5.41, 5.74) is 0.630. The van der Waals surface area contributed by atoms with Crippen molar-refractivity contribution in [1.82, 2.24) is 9.97 Å². The van der Waals surface area contributed by atoms with Crippen molar-refractivity contribution in [2.75, 3.05) is 0 Å². The number of rotatable bonds is 2. The van der Waals surface area contributed by atoms with Gasteiger partial charge in [0.25, 0.3) is 0 Å². The van der Waals surface area contributed by atoms with Gasteiger partial charge in [-0.15, -0.1) is 0 Å². The number of aromatic nitrogens is 1. The number of nitrogens with zero attached hydrogens (tertiary/aromatic N) is 1. The molecule has 0 atom stereocenters. The van der Waals surface area contributed by atoms with E-state index in [1.54, 1.807) is 24.5 Å². The highest BCUT2D eigenvalue weighted by molar-refractivity contribution is 6.76. The van der Waals surface area contributed by atoms with E-state index < -0.39 is 8.24 Å². The summed E-state index contributed by atoms with van der Waals surface area (Å²) >= 11 is 0. The Morgan fingerprint density at radius 2 is 2.15 bits per heavy atom. The average Bonchev–Trinajstić information content (AvgIpc) is 2.03. The molecule has 0 spiro atoms. The Bertz CT molecular complexity index is 292. The van der Waals surface area contributed by atoms with Crippen LogP contribution in [0.15, 0.2) is 24.5 Å². The lowest BCUT2D eigenvalue weighted by Crippen LogP contribution is -2.45. The van der Waals surface area contributed by atoms with Crippen molar-refractivity contribution in [2.24, 2.45) is 0 Å². The summed E-state index contributed by atoms with van der Waals surface area (Å²) < 4.78 is 0. The number of hydrogen-bond donors (Lipinski definition) is 1. The normalized spacial score (nSPS) is 11.0. The Morgan fingerprint density at radius 3 is 2.62 bits per heavy atom. The van der Waals surface area contributed by atoms with Crippen molar-refractivity contribution in [1.29, 1.82) is 0 Å². The Morgan fingerprint density at radius 1 is 1.46 bits per heavy atom. The third-order valence-electron chi connectivity index (χ3n) is 1.41. The SMILES string of the molecule is C[Si](C)(C)NC(=O)c1cccnc1. The molecule has 0 bridgehead atoms. The standard InChI is InChI=1S/C9H14N2OSi/c1-13(2,3)11-9(12)8-5-4-6-10-7-8/h4-7H,1-3H3,(H,11,12). The fourth-order valence-electron chi connectivity index (χ4n) is 0.910. The van der Waals surface area contributed by atoms with Gasteiger partial charge in [0, 0.05) is 12.4 Å². The van der Waals surface area contributed by atoms with Crippen molar-refractivity contribution in [3.63, 3.8) is 0 Å². The van der Waals surface area contributed by atoms with Crippen LogP contribution in [0.2, 0.25) is 19.6 Å². The Balaban J connectivity index is 2.71. The number of hydrogen-bond acceptors (Lipinski definition) is 2. The molecule has 1 rings (SSSR count). The second-order valence-electron chi connectivity index (χ2n) is 3.95. The molecule has 0 fully saturated rings. The van der Waals surface area contributed by atoms with Crippen molar-refractivity contribution in [3.05, 3.63) is 30.1 Å². The van der Waals surface area contributed by atoms with Crippen LogP contribution < -0.4 is 4.98 Å². The lowest BCUT2D eigenvalue weighted by atomic mass is 10.3. The fraction of sp³-hybridized carbons (Fsp3) is 0.333. The van der Waals surface area contributed by atoms with Gasteiger partial charge in [0.05, 0.1) is 5.56 Å². The molecule has 70 valence electrons. The molecule has 1 aromatic heterocycles. The molecule has 4 heteroatoms. The van der Waals surface area contributed by atoms with Gasteiger partial charge in [0.15, 0.2) is 0 Å². The molecule has 0 aromatic carbocycles. The van der Waals surface area contributed by atoms with E-state index >= 15 is 0 Å². The fourth-order valence-corrected chi connectivity index (χ4v) is 1.74. The van der Waals surface area contributed by atoms with Crippen LogP contribution >= 0.6 is 0 Å². The summed E-state index contributed by atoms with van der Waals surface area (Å²) in [6, 6.07) is 3.53. The summed E-state index contributed by atoms with van der Waals surface area (Å²) in [4.78, 5) is 18.4. The first-order chi connectivity index (χ1) is 5.99. The monoisotopic (exact) mass is 194 g/mol. The highest BCUT2D eigenvalue weighted by Crippen LogP contribution is 2.00. The molecule has 0 aliphatic rings. The number of nitrogens with one attached hydrogen (secondary N) is 1. The predicted octanol–water partition coefficient (Wildman–Crippen LogP) is 1.65. The highest BCUT2D eigenvalue weighted by atomic mass is 28.3. The molecule has 0 aliphatic carbocycles. The zero-order valence-electron chi connectivity index (χ0n) is 8.16. The summed E-state index contributed by atoms with van der Waals surface area (Å²) in [5, 5.41) is 0. The van der Waals surface area contributed by atoms with E-state index in [4.69, 9.17) is 0 Å². The van der Waals surface area contributed by atoms with Gasteiger partial charge in [-0.05, 0) is 12.1 Å². The molecule has 0 aliphatic heterocycles. The van der Waals surface area contributed by atoms with E-state index in [1.807, 2.05) is 0 Å². The van der Waals surface area contributed by atoms with E-state index in [2.05, 4.69) is 29.6 Å². The van der Waals surface area contributed by atoms with E-state index in [9.17, 15) is 4.79 Å². The van der Waals surface area contributed by atoms with E-state index in [1.165, 1.54) is 0 Å². The van der Waals surface area contributed by atoms with Crippen LogP contribution in [0.1, 0.15) is 10.4 Å². The Kier molecular flexibility index (Phi) is 2.82. The minimum absolute atomic E-state index is 0.0210. The van der Waals surface area contributed by atoms with Crippen LogP contribution in [0.3, 0.4) is 0 Å². The minimum Gasteiger partial charge on any atom is -0.378 e. The number of amides is 1. The molecular weight excluding hydrogens is 180 g/mol. The van der Waals surface area contributed by atoms with Gasteiger partial charge in [-0.2, -0.15) is 0 Å². The zero-order chi connectivity index (χ0) is 9.90. The van der Waals surface area contributed by atoms with Gasteiger partial charge in [0.1, 0.15) is 8.24 Å². The third kappa shape index (κ3) is 3.37. The predicted molar refractivity (Wildman–Crippen MR) is 55.0 cm³/mol. The van der Waals surface area contributed by atoms with Crippen molar-refractivity contribution in [3.8, 4) is 0 Å². The molecule has 0 saturated heterocycles. The highest BCUT2D eigenvalue weighted by Gasteiger charge is 2.17. The molecule has 0 radical (unpaired) electrons. The number of carbonyl (C=O) groups excluding carboxylic acids is 1. The summed E-state index contributed by atoms with van der Waals surface area (Å²) in [5.74, 6) is -0.0210. The zero-order valence-corrected chi connectivity index (χ0v) is 9.16. The minimum atomic E-state index is -1.53. The lowest BCUT2D eigenvalue weighted by molar-refractivity contribution is 0.0978. The second kappa shape index (κ2) is 3.70.